The van der Waals surface area contributed by atoms with E-state index in [9.17, 15) is 13.2 Å². The topological polar surface area (TPSA) is 90.3 Å². The van der Waals surface area contributed by atoms with Crippen LogP contribution in [0.4, 0.5) is 5.69 Å². The molecule has 0 bridgehead atoms. The Morgan fingerprint density at radius 2 is 1.93 bits per heavy atom. The van der Waals surface area contributed by atoms with E-state index in [0.29, 0.717) is 34.7 Å². The van der Waals surface area contributed by atoms with Crippen molar-refractivity contribution in [3.63, 3.8) is 0 Å². The number of hydrogen-bond acceptors (Lipinski definition) is 4. The van der Waals surface area contributed by atoms with E-state index < -0.39 is 15.9 Å². The van der Waals surface area contributed by atoms with E-state index >= 15 is 0 Å². The van der Waals surface area contributed by atoms with Crippen molar-refractivity contribution >= 4 is 37.5 Å². The van der Waals surface area contributed by atoms with Crippen molar-refractivity contribution in [3.05, 3.63) is 58.1 Å². The quantitative estimate of drug-likeness (QED) is 0.744. The summed E-state index contributed by atoms with van der Waals surface area (Å²) >= 11 is 3.31. The Labute approximate surface area is 173 Å². The Morgan fingerprint density at radius 3 is 2.61 bits per heavy atom. The van der Waals surface area contributed by atoms with E-state index in [1.165, 1.54) is 16.4 Å². The van der Waals surface area contributed by atoms with Gasteiger partial charge in [0, 0.05) is 28.8 Å². The van der Waals surface area contributed by atoms with E-state index in [0.717, 1.165) is 12.8 Å². The van der Waals surface area contributed by atoms with Gasteiger partial charge in [-0.2, -0.15) is 9.57 Å². The predicted octanol–water partition coefficient (Wildman–Crippen LogP) is 3.99. The summed E-state index contributed by atoms with van der Waals surface area (Å²) in [5.74, 6) is 0.0691. The Kier molecular flexibility index (Phi) is 6.18. The lowest BCUT2D eigenvalue weighted by Crippen LogP contribution is -2.38. The molecule has 1 saturated heterocycles. The maximum absolute atomic E-state index is 13.0. The molecule has 0 unspecified atom stereocenters. The highest BCUT2D eigenvalue weighted by atomic mass is 79.9. The van der Waals surface area contributed by atoms with Crippen LogP contribution in [0.25, 0.3) is 0 Å². The summed E-state index contributed by atoms with van der Waals surface area (Å²) in [5, 5.41) is 11.7. The van der Waals surface area contributed by atoms with Crippen LogP contribution in [0.3, 0.4) is 0 Å². The van der Waals surface area contributed by atoms with Crippen molar-refractivity contribution in [2.75, 3.05) is 18.4 Å². The maximum Gasteiger partial charge on any atom is 0.255 e. The van der Waals surface area contributed by atoms with Gasteiger partial charge in [-0.3, -0.25) is 4.79 Å². The third-order valence-corrected chi connectivity index (χ3v) is 7.10. The van der Waals surface area contributed by atoms with Crippen LogP contribution in [0.15, 0.2) is 51.8 Å². The Balaban J connectivity index is 1.86. The van der Waals surface area contributed by atoms with Crippen LogP contribution in [-0.4, -0.2) is 31.7 Å². The zero-order valence-corrected chi connectivity index (χ0v) is 17.8. The number of nitrogens with zero attached hydrogens (tertiary/aromatic N) is 2. The maximum atomic E-state index is 13.0. The number of piperidine rings is 1. The average Bonchev–Trinajstić information content (AvgIpc) is 2.68. The minimum atomic E-state index is -3.67. The highest BCUT2D eigenvalue weighted by Gasteiger charge is 2.29. The molecule has 0 aromatic heterocycles. The van der Waals surface area contributed by atoms with Crippen LogP contribution < -0.4 is 5.32 Å². The van der Waals surface area contributed by atoms with Crippen molar-refractivity contribution < 1.29 is 13.2 Å². The van der Waals surface area contributed by atoms with Gasteiger partial charge in [-0.25, -0.2) is 8.42 Å². The number of carbonyl (C=O) groups is 1. The summed E-state index contributed by atoms with van der Waals surface area (Å²) in [6.07, 6.45) is 1.66. The van der Waals surface area contributed by atoms with Gasteiger partial charge < -0.3 is 5.32 Å². The van der Waals surface area contributed by atoms with Gasteiger partial charge >= 0.3 is 0 Å². The first-order chi connectivity index (χ1) is 13.3. The lowest BCUT2D eigenvalue weighted by atomic mass is 10.0. The standard InChI is InChI=1S/C20H20BrN3O3S/c1-14-5-7-24(8-6-14)28(26,27)19-11-16(10-17(21)12-19)20(25)23-18-4-2-3-15(9-18)13-22/h2-4,9-12,14H,5-8H2,1H3,(H,23,25). The molecular weight excluding hydrogens is 442 g/mol. The number of rotatable bonds is 4. The van der Waals surface area contributed by atoms with Crippen LogP contribution in [0.2, 0.25) is 0 Å². The molecule has 0 atom stereocenters. The number of halogens is 1. The summed E-state index contributed by atoms with van der Waals surface area (Å²) in [4.78, 5) is 12.7. The number of sulfonamides is 1. The molecule has 0 spiro atoms. The molecule has 1 fully saturated rings. The lowest BCUT2D eigenvalue weighted by Gasteiger charge is -2.29. The zero-order chi connectivity index (χ0) is 20.3. The van der Waals surface area contributed by atoms with Gasteiger partial charge in [-0.05, 0) is 55.2 Å². The van der Waals surface area contributed by atoms with Crippen LogP contribution in [0, 0.1) is 17.2 Å². The van der Waals surface area contributed by atoms with E-state index in [4.69, 9.17) is 5.26 Å². The second kappa shape index (κ2) is 8.43. The van der Waals surface area contributed by atoms with E-state index in [2.05, 4.69) is 28.2 Å². The van der Waals surface area contributed by atoms with Crippen molar-refractivity contribution in [1.29, 1.82) is 5.26 Å². The molecule has 0 aliphatic carbocycles. The molecule has 1 aliphatic heterocycles. The van der Waals surface area contributed by atoms with Crippen LogP contribution in [0.1, 0.15) is 35.7 Å². The minimum absolute atomic E-state index is 0.0901. The molecule has 1 amide bonds. The van der Waals surface area contributed by atoms with Crippen LogP contribution in [0.5, 0.6) is 0 Å². The molecular formula is C20H20BrN3O3S. The highest BCUT2D eigenvalue weighted by molar-refractivity contribution is 9.10. The van der Waals surface area contributed by atoms with Gasteiger partial charge in [-0.1, -0.05) is 28.9 Å². The summed E-state index contributed by atoms with van der Waals surface area (Å²) in [6.45, 7) is 3.09. The molecule has 2 aromatic carbocycles. The number of anilines is 1. The molecule has 1 aliphatic rings. The van der Waals surface area contributed by atoms with Crippen molar-refractivity contribution in [3.8, 4) is 6.07 Å². The number of nitriles is 1. The summed E-state index contributed by atoms with van der Waals surface area (Å²) in [7, 11) is -3.67. The Bertz CT molecular complexity index is 1040. The third kappa shape index (κ3) is 4.61. The van der Waals surface area contributed by atoms with Gasteiger partial charge in [0.2, 0.25) is 10.0 Å². The van der Waals surface area contributed by atoms with Gasteiger partial charge in [-0.15, -0.1) is 0 Å². The Hall–Kier alpha value is -2.21. The first-order valence-corrected chi connectivity index (χ1v) is 11.1. The zero-order valence-electron chi connectivity index (χ0n) is 15.4. The fraction of sp³-hybridized carbons (Fsp3) is 0.300. The van der Waals surface area contributed by atoms with Crippen molar-refractivity contribution in [1.82, 2.24) is 4.31 Å². The SMILES string of the molecule is CC1CCN(S(=O)(=O)c2cc(Br)cc(C(=O)Nc3cccc(C#N)c3)c2)CC1. The van der Waals surface area contributed by atoms with Gasteiger partial charge in [0.15, 0.2) is 0 Å². The first-order valence-electron chi connectivity index (χ1n) is 8.92. The molecule has 2 aromatic rings. The van der Waals surface area contributed by atoms with Gasteiger partial charge in [0.25, 0.3) is 5.91 Å². The monoisotopic (exact) mass is 461 g/mol. The van der Waals surface area contributed by atoms with Crippen LogP contribution in [-0.2, 0) is 10.0 Å². The normalized spacial score (nSPS) is 15.8. The van der Waals surface area contributed by atoms with E-state index in [1.807, 2.05) is 6.07 Å². The Morgan fingerprint density at radius 1 is 1.21 bits per heavy atom. The number of amides is 1. The molecule has 3 rings (SSSR count). The largest absolute Gasteiger partial charge is 0.322 e. The molecule has 0 saturated carbocycles. The minimum Gasteiger partial charge on any atom is -0.322 e. The fourth-order valence-corrected chi connectivity index (χ4v) is 5.27. The van der Waals surface area contributed by atoms with Crippen LogP contribution >= 0.6 is 15.9 Å². The number of nitrogens with one attached hydrogen (secondary N) is 1. The van der Waals surface area contributed by atoms with Gasteiger partial charge in [0.1, 0.15) is 0 Å². The second-order valence-corrected chi connectivity index (χ2v) is 9.76. The molecule has 1 N–H and O–H groups in total. The van der Waals surface area contributed by atoms with E-state index in [-0.39, 0.29) is 10.5 Å². The predicted molar refractivity (Wildman–Crippen MR) is 110 cm³/mol. The van der Waals surface area contributed by atoms with E-state index in [1.54, 1.807) is 30.3 Å². The summed E-state index contributed by atoms with van der Waals surface area (Å²) < 4.78 is 28.0. The van der Waals surface area contributed by atoms with Crippen molar-refractivity contribution in [2.24, 2.45) is 5.92 Å². The summed E-state index contributed by atoms with van der Waals surface area (Å²) in [5.41, 5.74) is 1.12. The molecule has 28 heavy (non-hydrogen) atoms. The lowest BCUT2D eigenvalue weighted by molar-refractivity contribution is 0.102. The number of carbonyl (C=O) groups excluding carboxylic acids is 1. The molecule has 8 heteroatoms. The highest BCUT2D eigenvalue weighted by Crippen LogP contribution is 2.27. The summed E-state index contributed by atoms with van der Waals surface area (Å²) in [6, 6.07) is 13.0. The average molecular weight is 462 g/mol. The molecule has 6 nitrogen and oxygen atoms in total. The molecule has 0 radical (unpaired) electrons. The fourth-order valence-electron chi connectivity index (χ4n) is 3.09. The number of hydrogen-bond donors (Lipinski definition) is 1. The molecule has 146 valence electrons. The van der Waals surface area contributed by atoms with Crippen molar-refractivity contribution in [2.45, 2.75) is 24.7 Å². The second-order valence-electron chi connectivity index (χ2n) is 6.91. The third-order valence-electron chi connectivity index (χ3n) is 4.76. The smallest absolute Gasteiger partial charge is 0.255 e. The molecule has 1 heterocycles. The van der Waals surface area contributed by atoms with Gasteiger partial charge in [0.05, 0.1) is 16.5 Å². The first kappa shape index (κ1) is 20.5. The number of benzene rings is 2.